The quantitative estimate of drug-likeness (QED) is 0.775. The zero-order chi connectivity index (χ0) is 19.6. The Hall–Kier alpha value is -2.50. The Labute approximate surface area is 143 Å². The van der Waals surface area contributed by atoms with Gasteiger partial charge in [0.25, 0.3) is 10.0 Å². The number of anilines is 1. The standard InChI is InChI=1S/C14H10F6N2O3S/c15-13(16,17)8-25-12-5-4-10(7-21-12)22-26(23,24)11-3-1-2-9(6-11)14(18,19)20/h1-7,22H,8H2. The van der Waals surface area contributed by atoms with Gasteiger partial charge in [0.2, 0.25) is 5.88 Å². The molecular formula is C14H10F6N2O3S. The fourth-order valence-corrected chi connectivity index (χ4v) is 2.82. The van der Waals surface area contributed by atoms with E-state index in [1.165, 1.54) is 0 Å². The van der Waals surface area contributed by atoms with Crippen LogP contribution in [0.1, 0.15) is 5.56 Å². The number of nitrogens with zero attached hydrogens (tertiary/aromatic N) is 1. The summed E-state index contributed by atoms with van der Waals surface area (Å²) >= 11 is 0. The molecular weight excluding hydrogens is 390 g/mol. The summed E-state index contributed by atoms with van der Waals surface area (Å²) in [5, 5.41) is 0. The minimum atomic E-state index is -4.72. The van der Waals surface area contributed by atoms with Gasteiger partial charge in [0.1, 0.15) is 0 Å². The van der Waals surface area contributed by atoms with Crippen molar-refractivity contribution in [2.75, 3.05) is 11.3 Å². The molecule has 0 saturated heterocycles. The van der Waals surface area contributed by atoms with Crippen molar-refractivity contribution < 1.29 is 39.5 Å². The molecule has 0 aliphatic carbocycles. The Kier molecular flexibility index (Phi) is 5.35. The molecule has 2 aromatic rings. The third-order valence-electron chi connectivity index (χ3n) is 2.84. The van der Waals surface area contributed by atoms with Crippen molar-refractivity contribution in [2.45, 2.75) is 17.2 Å². The van der Waals surface area contributed by atoms with E-state index < -0.39 is 45.3 Å². The predicted octanol–water partition coefficient (Wildman–Crippen LogP) is 3.84. The molecule has 0 fully saturated rings. The van der Waals surface area contributed by atoms with Gasteiger partial charge in [0, 0.05) is 6.07 Å². The number of nitrogens with one attached hydrogen (secondary N) is 1. The van der Waals surface area contributed by atoms with E-state index in [1.54, 1.807) is 0 Å². The molecule has 0 bridgehead atoms. The largest absolute Gasteiger partial charge is 0.468 e. The van der Waals surface area contributed by atoms with Crippen LogP contribution in [-0.2, 0) is 16.2 Å². The highest BCUT2D eigenvalue weighted by Crippen LogP contribution is 2.31. The van der Waals surface area contributed by atoms with E-state index in [-0.39, 0.29) is 5.69 Å². The first-order valence-electron chi connectivity index (χ1n) is 6.72. The van der Waals surface area contributed by atoms with Gasteiger partial charge >= 0.3 is 12.4 Å². The summed E-state index contributed by atoms with van der Waals surface area (Å²) in [6.07, 6.45) is -8.41. The van der Waals surface area contributed by atoms with E-state index in [2.05, 4.69) is 9.72 Å². The number of rotatable bonds is 5. The van der Waals surface area contributed by atoms with Crippen molar-refractivity contribution >= 4 is 15.7 Å². The molecule has 0 amide bonds. The van der Waals surface area contributed by atoms with E-state index in [1.807, 2.05) is 4.72 Å². The van der Waals surface area contributed by atoms with Crippen LogP contribution in [0.5, 0.6) is 5.88 Å². The van der Waals surface area contributed by atoms with Gasteiger partial charge in [0.05, 0.1) is 22.3 Å². The lowest BCUT2D eigenvalue weighted by Gasteiger charge is -2.11. The van der Waals surface area contributed by atoms with Gasteiger partial charge in [-0.1, -0.05) is 6.07 Å². The van der Waals surface area contributed by atoms with E-state index in [0.29, 0.717) is 12.1 Å². The van der Waals surface area contributed by atoms with Gasteiger partial charge < -0.3 is 4.74 Å². The molecule has 0 saturated carbocycles. The van der Waals surface area contributed by atoms with Crippen LogP contribution in [0.15, 0.2) is 47.5 Å². The van der Waals surface area contributed by atoms with Crippen LogP contribution in [0.4, 0.5) is 32.0 Å². The first-order valence-corrected chi connectivity index (χ1v) is 8.21. The zero-order valence-corrected chi connectivity index (χ0v) is 13.4. The molecule has 0 radical (unpaired) electrons. The van der Waals surface area contributed by atoms with Crippen molar-refractivity contribution in [2.24, 2.45) is 0 Å². The van der Waals surface area contributed by atoms with Crippen LogP contribution >= 0.6 is 0 Å². The van der Waals surface area contributed by atoms with E-state index in [9.17, 15) is 34.8 Å². The number of hydrogen-bond donors (Lipinski definition) is 1. The maximum absolute atomic E-state index is 12.7. The lowest BCUT2D eigenvalue weighted by atomic mass is 10.2. The van der Waals surface area contributed by atoms with Crippen LogP contribution in [0.25, 0.3) is 0 Å². The number of ether oxygens (including phenoxy) is 1. The summed E-state index contributed by atoms with van der Waals surface area (Å²) < 4.78 is 105. The van der Waals surface area contributed by atoms with Crippen molar-refractivity contribution in [1.82, 2.24) is 4.98 Å². The predicted molar refractivity (Wildman–Crippen MR) is 78.0 cm³/mol. The molecule has 0 aliphatic rings. The molecule has 0 aliphatic heterocycles. The normalized spacial score (nSPS) is 12.7. The molecule has 0 unspecified atom stereocenters. The maximum Gasteiger partial charge on any atom is 0.422 e. The van der Waals surface area contributed by atoms with E-state index in [4.69, 9.17) is 0 Å². The molecule has 2 rings (SSSR count). The third-order valence-corrected chi connectivity index (χ3v) is 4.22. The average Bonchev–Trinajstić information content (AvgIpc) is 2.52. The van der Waals surface area contributed by atoms with Crippen molar-refractivity contribution in [3.05, 3.63) is 48.2 Å². The van der Waals surface area contributed by atoms with E-state index in [0.717, 1.165) is 30.5 Å². The fraction of sp³-hybridized carbons (Fsp3) is 0.214. The zero-order valence-electron chi connectivity index (χ0n) is 12.6. The van der Waals surface area contributed by atoms with E-state index >= 15 is 0 Å². The molecule has 1 N–H and O–H groups in total. The average molecular weight is 400 g/mol. The second kappa shape index (κ2) is 7.02. The van der Waals surface area contributed by atoms with Gasteiger partial charge in [-0.05, 0) is 24.3 Å². The Morgan fingerprint density at radius 3 is 2.27 bits per heavy atom. The van der Waals surface area contributed by atoms with Gasteiger partial charge in [-0.2, -0.15) is 26.3 Å². The lowest BCUT2D eigenvalue weighted by Crippen LogP contribution is -2.19. The molecule has 0 spiro atoms. The van der Waals surface area contributed by atoms with Crippen LogP contribution in [0.2, 0.25) is 0 Å². The lowest BCUT2D eigenvalue weighted by molar-refractivity contribution is -0.154. The Morgan fingerprint density at radius 1 is 1.04 bits per heavy atom. The van der Waals surface area contributed by atoms with Crippen molar-refractivity contribution in [3.8, 4) is 5.88 Å². The second-order valence-corrected chi connectivity index (χ2v) is 6.60. The van der Waals surface area contributed by atoms with Gasteiger partial charge in [0.15, 0.2) is 6.61 Å². The summed E-state index contributed by atoms with van der Waals surface area (Å²) in [5.74, 6) is -0.399. The number of alkyl halides is 6. The molecule has 142 valence electrons. The highest BCUT2D eigenvalue weighted by atomic mass is 32.2. The van der Waals surface area contributed by atoms with Crippen molar-refractivity contribution in [1.29, 1.82) is 0 Å². The molecule has 5 nitrogen and oxygen atoms in total. The first kappa shape index (κ1) is 19.8. The fourth-order valence-electron chi connectivity index (χ4n) is 1.74. The monoisotopic (exact) mass is 400 g/mol. The maximum atomic E-state index is 12.7. The van der Waals surface area contributed by atoms with Crippen LogP contribution in [0, 0.1) is 0 Å². The topological polar surface area (TPSA) is 68.3 Å². The molecule has 1 aromatic heterocycles. The van der Waals surface area contributed by atoms with Crippen LogP contribution in [0.3, 0.4) is 0 Å². The Morgan fingerprint density at radius 2 is 1.73 bits per heavy atom. The number of pyridine rings is 1. The molecule has 0 atom stereocenters. The Balaban J connectivity index is 2.14. The molecule has 1 heterocycles. The number of hydrogen-bond acceptors (Lipinski definition) is 4. The minimum Gasteiger partial charge on any atom is -0.468 e. The highest BCUT2D eigenvalue weighted by Gasteiger charge is 2.32. The summed E-state index contributed by atoms with van der Waals surface area (Å²) in [7, 11) is -4.36. The van der Waals surface area contributed by atoms with Crippen LogP contribution < -0.4 is 9.46 Å². The number of benzene rings is 1. The molecule has 12 heteroatoms. The summed E-state index contributed by atoms with van der Waals surface area (Å²) in [4.78, 5) is 2.85. The van der Waals surface area contributed by atoms with Gasteiger partial charge in [-0.15, -0.1) is 0 Å². The SMILES string of the molecule is O=S(=O)(Nc1ccc(OCC(F)(F)F)nc1)c1cccc(C(F)(F)F)c1. The smallest absolute Gasteiger partial charge is 0.422 e. The Bertz CT molecular complexity index is 863. The number of sulfonamides is 1. The van der Waals surface area contributed by atoms with Crippen LogP contribution in [-0.4, -0.2) is 26.2 Å². The number of aromatic nitrogens is 1. The summed E-state index contributed by atoms with van der Waals surface area (Å²) in [5.41, 5.74) is -1.31. The summed E-state index contributed by atoms with van der Waals surface area (Å²) in [6.45, 7) is -1.57. The third kappa shape index (κ3) is 5.51. The summed E-state index contributed by atoms with van der Waals surface area (Å²) in [6, 6.07) is 5.11. The molecule has 1 aromatic carbocycles. The molecule has 26 heavy (non-hydrogen) atoms. The second-order valence-electron chi connectivity index (χ2n) is 4.92. The van der Waals surface area contributed by atoms with Crippen molar-refractivity contribution in [3.63, 3.8) is 0 Å². The first-order chi connectivity index (χ1) is 11.9. The minimum absolute atomic E-state index is 0.165. The highest BCUT2D eigenvalue weighted by molar-refractivity contribution is 7.92. The van der Waals surface area contributed by atoms with Gasteiger partial charge in [-0.25, -0.2) is 13.4 Å². The van der Waals surface area contributed by atoms with Gasteiger partial charge in [-0.3, -0.25) is 4.72 Å². The number of halogens is 6.